The van der Waals surface area contributed by atoms with Crippen molar-refractivity contribution in [1.82, 2.24) is 4.90 Å². The summed E-state index contributed by atoms with van der Waals surface area (Å²) in [5.74, 6) is 0. The lowest BCUT2D eigenvalue weighted by molar-refractivity contribution is -0.0778. The Bertz CT molecular complexity index is 250. The molecule has 1 heterocycles. The van der Waals surface area contributed by atoms with Gasteiger partial charge >= 0.3 is 0 Å². The molecule has 1 aliphatic heterocycles. The van der Waals surface area contributed by atoms with Gasteiger partial charge in [-0.3, -0.25) is 4.90 Å². The van der Waals surface area contributed by atoms with E-state index in [-0.39, 0.29) is 0 Å². The second kappa shape index (κ2) is 5.92. The molecule has 2 atom stereocenters. The molecule has 0 aliphatic carbocycles. The lowest BCUT2D eigenvalue weighted by Crippen LogP contribution is -2.49. The highest BCUT2D eigenvalue weighted by atomic mass is 16.5. The smallest absolute Gasteiger partial charge is 0.0678 e. The molecule has 0 bridgehead atoms. The molecule has 1 saturated heterocycles. The molecule has 2 nitrogen and oxygen atoms in total. The third-order valence-electron chi connectivity index (χ3n) is 4.06. The van der Waals surface area contributed by atoms with Crippen molar-refractivity contribution in [2.75, 3.05) is 19.6 Å². The van der Waals surface area contributed by atoms with Gasteiger partial charge in [0, 0.05) is 19.6 Å². The monoisotopic (exact) mass is 255 g/mol. The zero-order valence-corrected chi connectivity index (χ0v) is 13.5. The first-order valence-electron chi connectivity index (χ1n) is 7.51. The van der Waals surface area contributed by atoms with Crippen LogP contribution in [-0.2, 0) is 4.74 Å². The highest BCUT2D eigenvalue weighted by Gasteiger charge is 2.31. The maximum absolute atomic E-state index is 5.81. The van der Waals surface area contributed by atoms with Gasteiger partial charge in [-0.1, -0.05) is 41.0 Å². The predicted octanol–water partition coefficient (Wildman–Crippen LogP) is 3.95. The summed E-state index contributed by atoms with van der Waals surface area (Å²) in [6, 6.07) is 0. The fraction of sp³-hybridized carbons (Fsp3) is 1.00. The number of ether oxygens (including phenoxy) is 1. The van der Waals surface area contributed by atoms with E-state index >= 15 is 0 Å². The highest BCUT2D eigenvalue weighted by Crippen LogP contribution is 2.36. The van der Waals surface area contributed by atoms with Gasteiger partial charge in [-0.25, -0.2) is 0 Å². The van der Waals surface area contributed by atoms with E-state index in [0.717, 1.165) is 13.1 Å². The van der Waals surface area contributed by atoms with Gasteiger partial charge in [-0.05, 0) is 31.1 Å². The van der Waals surface area contributed by atoms with Gasteiger partial charge in [-0.15, -0.1) is 0 Å². The quantitative estimate of drug-likeness (QED) is 0.737. The third kappa shape index (κ3) is 5.27. The maximum Gasteiger partial charge on any atom is 0.0678 e. The van der Waals surface area contributed by atoms with E-state index in [9.17, 15) is 0 Å². The van der Waals surface area contributed by atoms with E-state index in [4.69, 9.17) is 4.74 Å². The van der Waals surface area contributed by atoms with Gasteiger partial charge in [0.1, 0.15) is 0 Å². The number of rotatable bonds is 5. The van der Waals surface area contributed by atoms with Gasteiger partial charge in [0.2, 0.25) is 0 Å². The Hall–Kier alpha value is -0.0800. The lowest BCUT2D eigenvalue weighted by atomic mass is 9.73. The summed E-state index contributed by atoms with van der Waals surface area (Å²) >= 11 is 0. The van der Waals surface area contributed by atoms with Gasteiger partial charge < -0.3 is 4.74 Å². The molecule has 2 heteroatoms. The van der Waals surface area contributed by atoms with Crippen LogP contribution in [0.1, 0.15) is 61.3 Å². The van der Waals surface area contributed by atoms with Crippen molar-refractivity contribution in [2.45, 2.75) is 73.5 Å². The summed E-state index contributed by atoms with van der Waals surface area (Å²) in [7, 11) is 0. The summed E-state index contributed by atoms with van der Waals surface area (Å²) in [6.45, 7) is 19.6. The number of morpholine rings is 1. The van der Waals surface area contributed by atoms with Crippen LogP contribution in [0.3, 0.4) is 0 Å². The number of hydrogen-bond donors (Lipinski definition) is 0. The largest absolute Gasteiger partial charge is 0.373 e. The fourth-order valence-electron chi connectivity index (χ4n) is 3.50. The van der Waals surface area contributed by atoms with Crippen LogP contribution in [0.15, 0.2) is 0 Å². The lowest BCUT2D eigenvalue weighted by Gasteiger charge is -2.42. The second-order valence-corrected chi connectivity index (χ2v) is 7.81. The molecule has 2 unspecified atom stereocenters. The summed E-state index contributed by atoms with van der Waals surface area (Å²) in [4.78, 5) is 2.59. The van der Waals surface area contributed by atoms with Crippen LogP contribution >= 0.6 is 0 Å². The Morgan fingerprint density at radius 2 is 1.50 bits per heavy atom. The molecule has 0 N–H and O–H groups in total. The van der Waals surface area contributed by atoms with Crippen LogP contribution in [0.25, 0.3) is 0 Å². The minimum Gasteiger partial charge on any atom is -0.373 e. The molecule has 0 spiro atoms. The Morgan fingerprint density at radius 3 is 1.94 bits per heavy atom. The number of nitrogens with zero attached hydrogens (tertiary/aromatic N) is 1. The Kier molecular flexibility index (Phi) is 5.25. The SMILES string of the molecule is CCC(C)(C)CC(C)(C)CN1CC(C)OC(C)C1. The number of hydrogen-bond acceptors (Lipinski definition) is 2. The molecule has 108 valence electrons. The van der Waals surface area contributed by atoms with Crippen molar-refractivity contribution in [2.24, 2.45) is 10.8 Å². The molecule has 1 rings (SSSR count). The predicted molar refractivity (Wildman–Crippen MR) is 78.9 cm³/mol. The van der Waals surface area contributed by atoms with Crippen LogP contribution < -0.4 is 0 Å². The van der Waals surface area contributed by atoms with Crippen molar-refractivity contribution < 1.29 is 4.74 Å². The second-order valence-electron chi connectivity index (χ2n) is 7.81. The molecular formula is C16H33NO. The van der Waals surface area contributed by atoms with Crippen molar-refractivity contribution in [1.29, 1.82) is 0 Å². The zero-order chi connectivity index (χ0) is 14.0. The molecular weight excluding hydrogens is 222 g/mol. The van der Waals surface area contributed by atoms with Crippen LogP contribution in [0.2, 0.25) is 0 Å². The van der Waals surface area contributed by atoms with E-state index < -0.39 is 0 Å². The molecule has 1 fully saturated rings. The van der Waals surface area contributed by atoms with Crippen LogP contribution in [-0.4, -0.2) is 36.7 Å². The first kappa shape index (κ1) is 16.0. The highest BCUT2D eigenvalue weighted by molar-refractivity contribution is 4.83. The standard InChI is InChI=1S/C16H33NO/c1-8-15(4,5)11-16(6,7)12-17-9-13(2)18-14(3)10-17/h13-14H,8-12H2,1-7H3. The van der Waals surface area contributed by atoms with E-state index in [1.807, 2.05) is 0 Å². The summed E-state index contributed by atoms with van der Waals surface area (Å²) < 4.78 is 5.81. The van der Waals surface area contributed by atoms with Crippen molar-refractivity contribution in [3.8, 4) is 0 Å². The normalized spacial score (nSPS) is 27.5. The molecule has 1 aliphatic rings. The van der Waals surface area contributed by atoms with Crippen LogP contribution in [0.5, 0.6) is 0 Å². The Labute approximate surface area is 114 Å². The Morgan fingerprint density at radius 1 is 1.00 bits per heavy atom. The zero-order valence-electron chi connectivity index (χ0n) is 13.5. The van der Waals surface area contributed by atoms with E-state index in [0.29, 0.717) is 23.0 Å². The minimum absolute atomic E-state index is 0.378. The molecule has 0 amide bonds. The first-order valence-corrected chi connectivity index (χ1v) is 7.51. The van der Waals surface area contributed by atoms with Gasteiger partial charge in [0.15, 0.2) is 0 Å². The molecule has 18 heavy (non-hydrogen) atoms. The van der Waals surface area contributed by atoms with Crippen LogP contribution in [0, 0.1) is 10.8 Å². The Balaban J connectivity index is 2.54. The van der Waals surface area contributed by atoms with E-state index in [1.54, 1.807) is 0 Å². The molecule has 0 radical (unpaired) electrons. The molecule has 0 saturated carbocycles. The summed E-state index contributed by atoms with van der Waals surface area (Å²) in [6.07, 6.45) is 3.30. The van der Waals surface area contributed by atoms with Gasteiger partial charge in [0.05, 0.1) is 12.2 Å². The van der Waals surface area contributed by atoms with E-state index in [1.165, 1.54) is 19.4 Å². The summed E-state index contributed by atoms with van der Waals surface area (Å²) in [5.41, 5.74) is 0.837. The van der Waals surface area contributed by atoms with Gasteiger partial charge in [-0.2, -0.15) is 0 Å². The van der Waals surface area contributed by atoms with Gasteiger partial charge in [0.25, 0.3) is 0 Å². The average Bonchev–Trinajstić information content (AvgIpc) is 2.12. The minimum atomic E-state index is 0.378. The fourth-order valence-corrected chi connectivity index (χ4v) is 3.50. The summed E-state index contributed by atoms with van der Waals surface area (Å²) in [5, 5.41) is 0. The van der Waals surface area contributed by atoms with Crippen molar-refractivity contribution in [3.05, 3.63) is 0 Å². The average molecular weight is 255 g/mol. The molecule has 0 aromatic carbocycles. The topological polar surface area (TPSA) is 12.5 Å². The van der Waals surface area contributed by atoms with Crippen molar-refractivity contribution >= 4 is 0 Å². The third-order valence-corrected chi connectivity index (χ3v) is 4.06. The van der Waals surface area contributed by atoms with Crippen molar-refractivity contribution in [3.63, 3.8) is 0 Å². The first-order chi connectivity index (χ1) is 8.13. The maximum atomic E-state index is 5.81. The van der Waals surface area contributed by atoms with Crippen LogP contribution in [0.4, 0.5) is 0 Å². The molecule has 0 aromatic rings. The van der Waals surface area contributed by atoms with E-state index in [2.05, 4.69) is 53.4 Å². The molecule has 0 aromatic heterocycles.